The number of hydrogen-bond acceptors (Lipinski definition) is 7. The molecule has 1 N–H and O–H groups in total. The lowest BCUT2D eigenvalue weighted by atomic mass is 10.1. The van der Waals surface area contributed by atoms with Crippen LogP contribution in [0.5, 0.6) is 11.5 Å². The van der Waals surface area contributed by atoms with E-state index in [2.05, 4.69) is 26.4 Å². The molecule has 0 saturated carbocycles. The summed E-state index contributed by atoms with van der Waals surface area (Å²) in [7, 11) is 3.24. The van der Waals surface area contributed by atoms with Gasteiger partial charge in [-0.2, -0.15) is 5.10 Å². The molecule has 1 atom stereocenters. The van der Waals surface area contributed by atoms with Crippen LogP contribution < -0.4 is 14.8 Å². The Morgan fingerprint density at radius 1 is 1.09 bits per heavy atom. The lowest BCUT2D eigenvalue weighted by molar-refractivity contribution is -0.137. The molecule has 0 unspecified atom stereocenters. The molecule has 0 spiro atoms. The molecule has 9 nitrogen and oxygen atoms in total. The van der Waals surface area contributed by atoms with Gasteiger partial charge in [0.2, 0.25) is 5.75 Å². The van der Waals surface area contributed by atoms with Gasteiger partial charge in [0, 0.05) is 24.9 Å². The predicted octanol–water partition coefficient (Wildman–Crippen LogP) is 3.55. The largest absolute Gasteiger partial charge is 0.493 e. The smallest absolute Gasteiger partial charge is 0.313 e. The number of carbonyl (C=O) groups is 2. The van der Waals surface area contributed by atoms with Gasteiger partial charge in [0.05, 0.1) is 19.1 Å². The molecule has 1 aromatic carbocycles. The quantitative estimate of drug-likeness (QED) is 0.547. The summed E-state index contributed by atoms with van der Waals surface area (Å²) in [4.78, 5) is 34.0. The zero-order valence-electron chi connectivity index (χ0n) is 20.0. The fourth-order valence-electron chi connectivity index (χ4n) is 3.34. The number of pyridine rings is 1. The van der Waals surface area contributed by atoms with E-state index in [0.29, 0.717) is 11.6 Å². The zero-order chi connectivity index (χ0) is 24.3. The van der Waals surface area contributed by atoms with Crippen LogP contribution in [0.4, 0.5) is 0 Å². The minimum atomic E-state index is -0.534. The van der Waals surface area contributed by atoms with Crippen LogP contribution in [0.1, 0.15) is 54.3 Å². The highest BCUT2D eigenvalue weighted by atomic mass is 16.6. The van der Waals surface area contributed by atoms with Gasteiger partial charge in [0.15, 0.2) is 23.1 Å². The molecular weight excluding hydrogens is 422 g/mol. The monoisotopic (exact) mass is 451 g/mol. The number of carbonyl (C=O) groups excluding carboxylic acids is 2. The van der Waals surface area contributed by atoms with Gasteiger partial charge < -0.3 is 14.8 Å². The Kier molecular flexibility index (Phi) is 7.10. The summed E-state index contributed by atoms with van der Waals surface area (Å²) >= 11 is 0. The van der Waals surface area contributed by atoms with Crippen LogP contribution in [-0.2, 0) is 11.8 Å². The summed E-state index contributed by atoms with van der Waals surface area (Å²) in [5, 5.41) is 7.32. The molecule has 0 aliphatic rings. The number of nitrogens with zero attached hydrogens (tertiary/aromatic N) is 4. The summed E-state index contributed by atoms with van der Waals surface area (Å²) in [5.41, 5.74) is 3.15. The lowest BCUT2D eigenvalue weighted by Gasteiger charge is -2.15. The van der Waals surface area contributed by atoms with E-state index in [1.165, 1.54) is 19.4 Å². The molecule has 0 radical (unpaired) electrons. The highest BCUT2D eigenvalue weighted by Crippen LogP contribution is 2.31. The minimum absolute atomic E-state index is 0.0201. The Balaban J connectivity index is 1.86. The lowest BCUT2D eigenvalue weighted by Crippen LogP contribution is -2.29. The van der Waals surface area contributed by atoms with Crippen molar-refractivity contribution in [1.82, 2.24) is 25.1 Å². The fraction of sp³-hybridized carbons (Fsp3) is 0.375. The highest BCUT2D eigenvalue weighted by molar-refractivity contribution is 5.97. The van der Waals surface area contributed by atoms with Gasteiger partial charge in [0.25, 0.3) is 5.91 Å². The average Bonchev–Trinajstić information content (AvgIpc) is 3.14. The van der Waals surface area contributed by atoms with Crippen LogP contribution in [0.25, 0.3) is 11.4 Å². The average molecular weight is 452 g/mol. The van der Waals surface area contributed by atoms with Gasteiger partial charge in [-0.3, -0.25) is 9.59 Å². The van der Waals surface area contributed by atoms with E-state index in [4.69, 9.17) is 9.47 Å². The first-order chi connectivity index (χ1) is 15.6. The molecular formula is C24H29N5O4. The van der Waals surface area contributed by atoms with Gasteiger partial charge in [-0.1, -0.05) is 31.0 Å². The van der Waals surface area contributed by atoms with E-state index in [1.807, 2.05) is 33.0 Å². The third-order valence-corrected chi connectivity index (χ3v) is 4.97. The number of amides is 1. The molecule has 0 bridgehead atoms. The molecule has 174 valence electrons. The number of hydrogen-bond donors (Lipinski definition) is 1. The maximum absolute atomic E-state index is 13.0. The van der Waals surface area contributed by atoms with Crippen LogP contribution >= 0.6 is 0 Å². The summed E-state index contributed by atoms with van der Waals surface area (Å²) in [6, 6.07) is 7.18. The van der Waals surface area contributed by atoms with Crippen LogP contribution in [0.15, 0.2) is 30.5 Å². The summed E-state index contributed by atoms with van der Waals surface area (Å²) < 4.78 is 12.4. The van der Waals surface area contributed by atoms with Crippen molar-refractivity contribution >= 4 is 11.9 Å². The van der Waals surface area contributed by atoms with E-state index >= 15 is 0 Å². The summed E-state index contributed by atoms with van der Waals surface area (Å²) in [6.07, 6.45) is 1.42. The molecule has 3 rings (SSSR count). The van der Waals surface area contributed by atoms with Crippen LogP contribution in [0, 0.1) is 19.8 Å². The Labute approximate surface area is 193 Å². The van der Waals surface area contributed by atoms with E-state index < -0.39 is 17.9 Å². The normalized spacial score (nSPS) is 11.9. The van der Waals surface area contributed by atoms with Gasteiger partial charge in [-0.05, 0) is 32.9 Å². The topological polar surface area (TPSA) is 108 Å². The molecule has 3 aromatic rings. The highest BCUT2D eigenvalue weighted by Gasteiger charge is 2.25. The van der Waals surface area contributed by atoms with E-state index in [0.717, 1.165) is 16.7 Å². The molecule has 9 heteroatoms. The van der Waals surface area contributed by atoms with Crippen LogP contribution in [-0.4, -0.2) is 38.7 Å². The number of esters is 1. The third kappa shape index (κ3) is 5.36. The standard InChI is InChI=1S/C24H29N5O4/c1-13(2)24(31)33-20-18(32-7)8-9-25-19(20)23(30)26-16(5)21-27-22(29(6)28-21)17-11-14(3)10-15(4)12-17/h8-13,16H,1-7H3,(H,26,30)/t16-/m0/s1. The van der Waals surface area contributed by atoms with Gasteiger partial charge >= 0.3 is 5.97 Å². The first kappa shape index (κ1) is 23.9. The number of benzene rings is 1. The summed E-state index contributed by atoms with van der Waals surface area (Å²) in [5.74, 6) is -0.0434. The van der Waals surface area contributed by atoms with Crippen molar-refractivity contribution in [1.29, 1.82) is 0 Å². The predicted molar refractivity (Wildman–Crippen MR) is 123 cm³/mol. The molecule has 0 aliphatic carbocycles. The molecule has 0 aliphatic heterocycles. The number of methoxy groups -OCH3 is 1. The Morgan fingerprint density at radius 2 is 1.76 bits per heavy atom. The second kappa shape index (κ2) is 9.81. The van der Waals surface area contributed by atoms with Crippen LogP contribution in [0.3, 0.4) is 0 Å². The third-order valence-electron chi connectivity index (χ3n) is 4.97. The van der Waals surface area contributed by atoms with E-state index in [-0.39, 0.29) is 23.1 Å². The van der Waals surface area contributed by atoms with Crippen molar-refractivity contribution in [3.05, 3.63) is 53.1 Å². The second-order valence-electron chi connectivity index (χ2n) is 8.26. The first-order valence-electron chi connectivity index (χ1n) is 10.7. The molecule has 1 amide bonds. The maximum atomic E-state index is 13.0. The number of ether oxygens (including phenoxy) is 2. The first-order valence-corrected chi connectivity index (χ1v) is 10.7. The fourth-order valence-corrected chi connectivity index (χ4v) is 3.34. The van der Waals surface area contributed by atoms with Crippen molar-refractivity contribution in [3.63, 3.8) is 0 Å². The van der Waals surface area contributed by atoms with Gasteiger partial charge in [-0.25, -0.2) is 14.6 Å². The molecule has 33 heavy (non-hydrogen) atoms. The van der Waals surface area contributed by atoms with Crippen molar-refractivity contribution in [2.24, 2.45) is 13.0 Å². The molecule has 2 aromatic heterocycles. The Hall–Kier alpha value is -3.75. The Bertz CT molecular complexity index is 1170. The van der Waals surface area contributed by atoms with Crippen LogP contribution in [0.2, 0.25) is 0 Å². The second-order valence-corrected chi connectivity index (χ2v) is 8.26. The van der Waals surface area contributed by atoms with Crippen molar-refractivity contribution < 1.29 is 19.1 Å². The van der Waals surface area contributed by atoms with Gasteiger partial charge in [0.1, 0.15) is 0 Å². The van der Waals surface area contributed by atoms with E-state index in [9.17, 15) is 9.59 Å². The zero-order valence-corrected chi connectivity index (χ0v) is 20.0. The number of aromatic nitrogens is 4. The van der Waals surface area contributed by atoms with Crippen molar-refractivity contribution in [3.8, 4) is 22.9 Å². The van der Waals surface area contributed by atoms with Crippen molar-refractivity contribution in [2.75, 3.05) is 7.11 Å². The number of aryl methyl sites for hydroxylation is 3. The SMILES string of the molecule is COc1ccnc(C(=O)N[C@@H](C)c2nc(-c3cc(C)cc(C)c3)n(C)n2)c1OC(=O)C(C)C. The van der Waals surface area contributed by atoms with Gasteiger partial charge in [-0.15, -0.1) is 0 Å². The van der Waals surface area contributed by atoms with Crippen molar-refractivity contribution in [2.45, 2.75) is 40.7 Å². The maximum Gasteiger partial charge on any atom is 0.313 e. The number of rotatable bonds is 7. The van der Waals surface area contributed by atoms with E-state index in [1.54, 1.807) is 25.5 Å². The Morgan fingerprint density at radius 3 is 2.36 bits per heavy atom. The molecule has 0 fully saturated rings. The molecule has 0 saturated heterocycles. The minimum Gasteiger partial charge on any atom is -0.493 e. The summed E-state index contributed by atoms with van der Waals surface area (Å²) in [6.45, 7) is 9.24. The molecule has 2 heterocycles. The number of nitrogens with one attached hydrogen (secondary N) is 1.